The zero-order valence-corrected chi connectivity index (χ0v) is 11.6. The summed E-state index contributed by atoms with van der Waals surface area (Å²) in [6, 6.07) is 4.58. The van der Waals surface area contributed by atoms with E-state index >= 15 is 0 Å². The maximum atomic E-state index is 11.8. The fraction of sp³-hybridized carbons (Fsp3) is 0.462. The third-order valence-corrected chi connectivity index (χ3v) is 2.82. The highest BCUT2D eigenvalue weighted by Gasteiger charge is 2.17. The lowest BCUT2D eigenvalue weighted by Gasteiger charge is -2.16. The van der Waals surface area contributed by atoms with Crippen molar-refractivity contribution >= 4 is 23.2 Å². The molecule has 1 unspecified atom stereocenters. The SMILES string of the molecule is CCOc1ccc(NC(=O)C(N)C(C)C)cc1Cl. The van der Waals surface area contributed by atoms with E-state index in [2.05, 4.69) is 5.32 Å². The maximum absolute atomic E-state index is 11.8. The van der Waals surface area contributed by atoms with Crippen molar-refractivity contribution in [2.24, 2.45) is 11.7 Å². The third kappa shape index (κ3) is 3.89. The van der Waals surface area contributed by atoms with Crippen molar-refractivity contribution in [2.75, 3.05) is 11.9 Å². The molecule has 4 nitrogen and oxygen atoms in total. The zero-order valence-electron chi connectivity index (χ0n) is 10.9. The van der Waals surface area contributed by atoms with Gasteiger partial charge in [0.2, 0.25) is 5.91 Å². The molecule has 0 saturated heterocycles. The average molecular weight is 271 g/mol. The first-order valence-corrected chi connectivity index (χ1v) is 6.32. The Labute approximate surface area is 112 Å². The largest absolute Gasteiger partial charge is 0.492 e. The number of nitrogens with one attached hydrogen (secondary N) is 1. The van der Waals surface area contributed by atoms with Gasteiger partial charge in [0.15, 0.2) is 0 Å². The Morgan fingerprint density at radius 2 is 2.17 bits per heavy atom. The molecule has 0 fully saturated rings. The van der Waals surface area contributed by atoms with Crippen molar-refractivity contribution < 1.29 is 9.53 Å². The molecule has 0 bridgehead atoms. The third-order valence-electron chi connectivity index (χ3n) is 2.52. The summed E-state index contributed by atoms with van der Waals surface area (Å²) in [4.78, 5) is 11.8. The molecule has 5 heteroatoms. The number of nitrogens with two attached hydrogens (primary N) is 1. The van der Waals surface area contributed by atoms with Gasteiger partial charge in [-0.25, -0.2) is 0 Å². The molecule has 1 amide bonds. The van der Waals surface area contributed by atoms with Crippen LogP contribution in [0.1, 0.15) is 20.8 Å². The predicted molar refractivity (Wildman–Crippen MR) is 74.1 cm³/mol. The number of halogens is 1. The van der Waals surface area contributed by atoms with Gasteiger partial charge in [-0.15, -0.1) is 0 Å². The van der Waals surface area contributed by atoms with Gasteiger partial charge in [0.25, 0.3) is 0 Å². The Bertz CT molecular complexity index is 421. The van der Waals surface area contributed by atoms with Crippen molar-refractivity contribution in [1.29, 1.82) is 0 Å². The van der Waals surface area contributed by atoms with E-state index in [-0.39, 0.29) is 11.8 Å². The number of anilines is 1. The van der Waals surface area contributed by atoms with Crippen LogP contribution in [0.15, 0.2) is 18.2 Å². The van der Waals surface area contributed by atoms with Gasteiger partial charge >= 0.3 is 0 Å². The lowest BCUT2D eigenvalue weighted by Crippen LogP contribution is -2.39. The van der Waals surface area contributed by atoms with Crippen LogP contribution in [-0.2, 0) is 4.79 Å². The van der Waals surface area contributed by atoms with Crippen LogP contribution in [0.3, 0.4) is 0 Å². The van der Waals surface area contributed by atoms with Crippen molar-refractivity contribution in [2.45, 2.75) is 26.8 Å². The van der Waals surface area contributed by atoms with E-state index in [9.17, 15) is 4.79 Å². The van der Waals surface area contributed by atoms with Crippen LogP contribution in [0.25, 0.3) is 0 Å². The summed E-state index contributed by atoms with van der Waals surface area (Å²) in [6.45, 7) is 6.22. The molecule has 0 radical (unpaired) electrons. The summed E-state index contributed by atoms with van der Waals surface area (Å²) in [6.07, 6.45) is 0. The molecular weight excluding hydrogens is 252 g/mol. The van der Waals surface area contributed by atoms with E-state index in [1.807, 2.05) is 20.8 Å². The predicted octanol–water partition coefficient (Wildman–Crippen LogP) is 2.66. The number of rotatable bonds is 5. The fourth-order valence-corrected chi connectivity index (χ4v) is 1.61. The number of hydrogen-bond acceptors (Lipinski definition) is 3. The van der Waals surface area contributed by atoms with Gasteiger partial charge in [-0.05, 0) is 31.0 Å². The van der Waals surface area contributed by atoms with E-state index in [1.54, 1.807) is 18.2 Å². The van der Waals surface area contributed by atoms with Gasteiger partial charge in [-0.3, -0.25) is 4.79 Å². The van der Waals surface area contributed by atoms with Gasteiger partial charge in [-0.2, -0.15) is 0 Å². The summed E-state index contributed by atoms with van der Waals surface area (Å²) in [5.41, 5.74) is 6.37. The van der Waals surface area contributed by atoms with E-state index in [0.717, 1.165) is 0 Å². The van der Waals surface area contributed by atoms with Crippen LogP contribution >= 0.6 is 11.6 Å². The summed E-state index contributed by atoms with van der Waals surface area (Å²) in [7, 11) is 0. The van der Waals surface area contributed by atoms with Crippen molar-refractivity contribution in [3.63, 3.8) is 0 Å². The Morgan fingerprint density at radius 1 is 1.50 bits per heavy atom. The number of hydrogen-bond donors (Lipinski definition) is 2. The van der Waals surface area contributed by atoms with E-state index < -0.39 is 6.04 Å². The first-order valence-electron chi connectivity index (χ1n) is 5.94. The van der Waals surface area contributed by atoms with E-state index in [0.29, 0.717) is 23.1 Å². The first kappa shape index (κ1) is 14.8. The molecule has 1 rings (SSSR count). The van der Waals surface area contributed by atoms with Crippen LogP contribution in [0, 0.1) is 5.92 Å². The molecule has 3 N–H and O–H groups in total. The Balaban J connectivity index is 2.74. The Kier molecular flexibility index (Phi) is 5.44. The lowest BCUT2D eigenvalue weighted by atomic mass is 10.0. The van der Waals surface area contributed by atoms with Crippen molar-refractivity contribution in [1.82, 2.24) is 0 Å². The highest BCUT2D eigenvalue weighted by Crippen LogP contribution is 2.27. The smallest absolute Gasteiger partial charge is 0.241 e. The number of amides is 1. The van der Waals surface area contributed by atoms with Gasteiger partial charge in [0.1, 0.15) is 5.75 Å². The minimum atomic E-state index is -0.532. The molecule has 1 aromatic rings. The molecule has 0 heterocycles. The molecular formula is C13H19ClN2O2. The monoisotopic (exact) mass is 270 g/mol. The van der Waals surface area contributed by atoms with Gasteiger partial charge < -0.3 is 15.8 Å². The molecule has 100 valence electrons. The van der Waals surface area contributed by atoms with Crippen molar-refractivity contribution in [3.8, 4) is 5.75 Å². The van der Waals surface area contributed by atoms with Gasteiger partial charge in [0.05, 0.1) is 17.7 Å². The van der Waals surface area contributed by atoms with Crippen LogP contribution in [0.5, 0.6) is 5.75 Å². The second kappa shape index (κ2) is 6.61. The molecule has 1 aromatic carbocycles. The molecule has 0 aliphatic heterocycles. The molecule has 0 aliphatic carbocycles. The second-order valence-corrected chi connectivity index (χ2v) is 4.74. The Hall–Kier alpha value is -1.26. The topological polar surface area (TPSA) is 64.3 Å². The molecule has 18 heavy (non-hydrogen) atoms. The highest BCUT2D eigenvalue weighted by atomic mass is 35.5. The summed E-state index contributed by atoms with van der Waals surface area (Å²) >= 11 is 6.03. The highest BCUT2D eigenvalue weighted by molar-refractivity contribution is 6.32. The normalized spacial score (nSPS) is 12.3. The minimum Gasteiger partial charge on any atom is -0.492 e. The Morgan fingerprint density at radius 3 is 2.67 bits per heavy atom. The molecule has 1 atom stereocenters. The lowest BCUT2D eigenvalue weighted by molar-refractivity contribution is -0.118. The standard InChI is InChI=1S/C13H19ClN2O2/c1-4-18-11-6-5-9(7-10(11)14)16-13(17)12(15)8(2)3/h5-8,12H,4,15H2,1-3H3,(H,16,17). The van der Waals surface area contributed by atoms with E-state index in [4.69, 9.17) is 22.1 Å². The van der Waals surface area contributed by atoms with Gasteiger partial charge in [-0.1, -0.05) is 25.4 Å². The van der Waals surface area contributed by atoms with E-state index in [1.165, 1.54) is 0 Å². The number of benzene rings is 1. The summed E-state index contributed by atoms with van der Waals surface area (Å²) in [5, 5.41) is 3.19. The summed E-state index contributed by atoms with van der Waals surface area (Å²) in [5.74, 6) is 0.471. The minimum absolute atomic E-state index is 0.0863. The second-order valence-electron chi connectivity index (χ2n) is 4.34. The van der Waals surface area contributed by atoms with Crippen molar-refractivity contribution in [3.05, 3.63) is 23.2 Å². The quantitative estimate of drug-likeness (QED) is 0.865. The number of ether oxygens (including phenoxy) is 1. The number of carbonyl (C=O) groups excluding carboxylic acids is 1. The fourth-order valence-electron chi connectivity index (χ4n) is 1.38. The van der Waals surface area contributed by atoms with Gasteiger partial charge in [0, 0.05) is 5.69 Å². The zero-order chi connectivity index (χ0) is 13.7. The van der Waals surface area contributed by atoms with Crippen LogP contribution in [0.4, 0.5) is 5.69 Å². The molecule has 0 aromatic heterocycles. The summed E-state index contributed by atoms with van der Waals surface area (Å²) < 4.78 is 5.31. The first-order chi connectivity index (χ1) is 8.45. The molecule has 0 saturated carbocycles. The van der Waals surface area contributed by atoms with Crippen LogP contribution in [-0.4, -0.2) is 18.6 Å². The van der Waals surface area contributed by atoms with Crippen LogP contribution < -0.4 is 15.8 Å². The molecule has 0 spiro atoms. The molecule has 0 aliphatic rings. The average Bonchev–Trinajstić information content (AvgIpc) is 2.31. The number of carbonyl (C=O) groups is 1. The van der Waals surface area contributed by atoms with Crippen LogP contribution in [0.2, 0.25) is 5.02 Å². The maximum Gasteiger partial charge on any atom is 0.241 e.